The number of aromatic amines is 1. The lowest BCUT2D eigenvalue weighted by molar-refractivity contribution is -0.0432. The summed E-state index contributed by atoms with van der Waals surface area (Å²) >= 11 is 0. The number of morpholine rings is 1. The standard InChI is InChI=1S/C18H23N3O3/c1-18(2,3)24-17(22)21-10-11-23-16(12-21)14-6-4-13(5-7-14)15-8-9-19-20-15/h4-9,16H,10-12H2,1-3H3,(H,19,20). The lowest BCUT2D eigenvalue weighted by atomic mass is 10.0. The second-order valence-electron chi connectivity index (χ2n) is 6.87. The van der Waals surface area contributed by atoms with Gasteiger partial charge < -0.3 is 14.4 Å². The third-order valence-corrected chi connectivity index (χ3v) is 3.80. The largest absolute Gasteiger partial charge is 0.444 e. The molecule has 6 heteroatoms. The van der Waals surface area contributed by atoms with E-state index in [1.54, 1.807) is 11.1 Å². The summed E-state index contributed by atoms with van der Waals surface area (Å²) in [5.74, 6) is 0. The van der Waals surface area contributed by atoms with E-state index < -0.39 is 5.60 Å². The van der Waals surface area contributed by atoms with E-state index in [2.05, 4.69) is 10.2 Å². The topological polar surface area (TPSA) is 67.4 Å². The lowest BCUT2D eigenvalue weighted by Crippen LogP contribution is -2.44. The number of nitrogens with zero attached hydrogens (tertiary/aromatic N) is 2. The molecule has 2 heterocycles. The minimum absolute atomic E-state index is 0.139. The van der Waals surface area contributed by atoms with Crippen LogP contribution < -0.4 is 0 Å². The molecule has 0 bridgehead atoms. The van der Waals surface area contributed by atoms with Gasteiger partial charge in [-0.2, -0.15) is 5.10 Å². The monoisotopic (exact) mass is 329 g/mol. The Hall–Kier alpha value is -2.34. The van der Waals surface area contributed by atoms with Gasteiger partial charge in [0.05, 0.1) is 18.8 Å². The van der Waals surface area contributed by atoms with Gasteiger partial charge in [0.2, 0.25) is 0 Å². The maximum absolute atomic E-state index is 12.2. The Balaban J connectivity index is 1.67. The molecule has 1 aliphatic rings. The maximum atomic E-state index is 12.2. The zero-order valence-electron chi connectivity index (χ0n) is 14.3. The van der Waals surface area contributed by atoms with E-state index >= 15 is 0 Å². The van der Waals surface area contributed by atoms with Gasteiger partial charge in [-0.15, -0.1) is 0 Å². The van der Waals surface area contributed by atoms with Crippen molar-refractivity contribution < 1.29 is 14.3 Å². The first-order valence-electron chi connectivity index (χ1n) is 8.12. The van der Waals surface area contributed by atoms with Crippen molar-refractivity contribution in [3.63, 3.8) is 0 Å². The fourth-order valence-corrected chi connectivity index (χ4v) is 2.63. The van der Waals surface area contributed by atoms with Gasteiger partial charge in [0.25, 0.3) is 0 Å². The SMILES string of the molecule is CC(C)(C)OC(=O)N1CCOC(c2ccc(-c3cc[nH]n3)cc2)C1. The zero-order chi connectivity index (χ0) is 17.2. The average Bonchev–Trinajstić information content (AvgIpc) is 3.08. The van der Waals surface area contributed by atoms with E-state index in [-0.39, 0.29) is 12.2 Å². The molecule has 24 heavy (non-hydrogen) atoms. The Labute approximate surface area is 141 Å². The number of amides is 1. The summed E-state index contributed by atoms with van der Waals surface area (Å²) in [6, 6.07) is 10.00. The molecular formula is C18H23N3O3. The number of carbonyl (C=O) groups is 1. The van der Waals surface area contributed by atoms with Gasteiger partial charge in [0, 0.05) is 18.3 Å². The molecule has 1 aromatic carbocycles. The van der Waals surface area contributed by atoms with Crippen LogP contribution in [0.2, 0.25) is 0 Å². The van der Waals surface area contributed by atoms with Crippen molar-refractivity contribution in [1.82, 2.24) is 15.1 Å². The van der Waals surface area contributed by atoms with E-state index in [0.29, 0.717) is 19.7 Å². The van der Waals surface area contributed by atoms with Crippen molar-refractivity contribution in [1.29, 1.82) is 0 Å². The summed E-state index contributed by atoms with van der Waals surface area (Å²) in [4.78, 5) is 13.9. The quantitative estimate of drug-likeness (QED) is 0.917. The molecule has 1 N–H and O–H groups in total. The van der Waals surface area contributed by atoms with Gasteiger partial charge in [-0.1, -0.05) is 24.3 Å². The molecule has 0 spiro atoms. The molecule has 1 aliphatic heterocycles. The predicted octanol–water partition coefficient (Wildman–Crippen LogP) is 3.39. The molecule has 0 radical (unpaired) electrons. The smallest absolute Gasteiger partial charge is 0.410 e. The van der Waals surface area contributed by atoms with Crippen molar-refractivity contribution in [3.05, 3.63) is 42.1 Å². The van der Waals surface area contributed by atoms with Crippen molar-refractivity contribution in [2.24, 2.45) is 0 Å². The number of H-pyrrole nitrogens is 1. The van der Waals surface area contributed by atoms with Crippen LogP contribution in [0.3, 0.4) is 0 Å². The van der Waals surface area contributed by atoms with Crippen LogP contribution in [-0.2, 0) is 9.47 Å². The van der Waals surface area contributed by atoms with E-state index in [1.807, 2.05) is 51.1 Å². The Kier molecular flexibility index (Phi) is 4.57. The van der Waals surface area contributed by atoms with Gasteiger partial charge in [0.1, 0.15) is 11.7 Å². The molecule has 1 fully saturated rings. The predicted molar refractivity (Wildman–Crippen MR) is 90.5 cm³/mol. The molecule has 128 valence electrons. The Morgan fingerprint density at radius 1 is 1.29 bits per heavy atom. The highest BCUT2D eigenvalue weighted by Crippen LogP contribution is 2.26. The number of aromatic nitrogens is 2. The van der Waals surface area contributed by atoms with Crippen LogP contribution >= 0.6 is 0 Å². The van der Waals surface area contributed by atoms with Crippen molar-refractivity contribution >= 4 is 6.09 Å². The Morgan fingerprint density at radius 3 is 2.67 bits per heavy atom. The first kappa shape index (κ1) is 16.5. The van der Waals surface area contributed by atoms with E-state index in [0.717, 1.165) is 16.8 Å². The molecule has 1 aromatic heterocycles. The maximum Gasteiger partial charge on any atom is 0.410 e. The summed E-state index contributed by atoms with van der Waals surface area (Å²) in [7, 11) is 0. The fourth-order valence-electron chi connectivity index (χ4n) is 2.63. The number of carbonyl (C=O) groups excluding carboxylic acids is 1. The van der Waals surface area contributed by atoms with Crippen LogP contribution in [-0.4, -0.2) is 46.5 Å². The molecule has 1 amide bonds. The first-order chi connectivity index (χ1) is 11.4. The van der Waals surface area contributed by atoms with Crippen LogP contribution in [0.5, 0.6) is 0 Å². The van der Waals surface area contributed by atoms with Gasteiger partial charge in [-0.25, -0.2) is 4.79 Å². The molecule has 1 saturated heterocycles. The summed E-state index contributed by atoms with van der Waals surface area (Å²) < 4.78 is 11.3. The number of benzene rings is 1. The number of ether oxygens (including phenoxy) is 2. The molecular weight excluding hydrogens is 306 g/mol. The first-order valence-corrected chi connectivity index (χ1v) is 8.12. The minimum Gasteiger partial charge on any atom is -0.444 e. The van der Waals surface area contributed by atoms with Gasteiger partial charge in [-0.3, -0.25) is 5.10 Å². The van der Waals surface area contributed by atoms with Gasteiger partial charge in [0.15, 0.2) is 0 Å². The summed E-state index contributed by atoms with van der Waals surface area (Å²) in [5, 5.41) is 6.98. The van der Waals surface area contributed by atoms with Gasteiger partial charge >= 0.3 is 6.09 Å². The lowest BCUT2D eigenvalue weighted by Gasteiger charge is -2.34. The normalized spacial score (nSPS) is 18.5. The van der Waals surface area contributed by atoms with Crippen molar-refractivity contribution in [2.45, 2.75) is 32.5 Å². The average molecular weight is 329 g/mol. The molecule has 1 unspecified atom stereocenters. The Bertz CT molecular complexity index is 675. The molecule has 0 aliphatic carbocycles. The zero-order valence-corrected chi connectivity index (χ0v) is 14.3. The van der Waals surface area contributed by atoms with Crippen LogP contribution in [0.4, 0.5) is 4.79 Å². The molecule has 1 atom stereocenters. The van der Waals surface area contributed by atoms with E-state index in [9.17, 15) is 4.79 Å². The number of hydrogen-bond acceptors (Lipinski definition) is 4. The fraction of sp³-hybridized carbons (Fsp3) is 0.444. The highest BCUT2D eigenvalue weighted by molar-refractivity contribution is 5.68. The van der Waals surface area contributed by atoms with E-state index in [4.69, 9.17) is 9.47 Å². The number of hydrogen-bond donors (Lipinski definition) is 1. The minimum atomic E-state index is -0.490. The van der Waals surface area contributed by atoms with Crippen LogP contribution in [0, 0.1) is 0 Å². The van der Waals surface area contributed by atoms with Gasteiger partial charge in [-0.05, 0) is 32.4 Å². The number of nitrogens with one attached hydrogen (secondary N) is 1. The third-order valence-electron chi connectivity index (χ3n) is 3.80. The van der Waals surface area contributed by atoms with Crippen LogP contribution in [0.25, 0.3) is 11.3 Å². The number of rotatable bonds is 2. The molecule has 2 aromatic rings. The van der Waals surface area contributed by atoms with E-state index in [1.165, 1.54) is 0 Å². The summed E-state index contributed by atoms with van der Waals surface area (Å²) in [6.45, 7) is 7.17. The summed E-state index contributed by atoms with van der Waals surface area (Å²) in [6.07, 6.45) is 1.37. The van der Waals surface area contributed by atoms with Crippen molar-refractivity contribution in [3.8, 4) is 11.3 Å². The van der Waals surface area contributed by atoms with Crippen LogP contribution in [0.1, 0.15) is 32.4 Å². The third kappa shape index (κ3) is 3.94. The molecule has 3 rings (SSSR count). The molecule has 6 nitrogen and oxygen atoms in total. The highest BCUT2D eigenvalue weighted by atomic mass is 16.6. The van der Waals surface area contributed by atoms with Crippen molar-refractivity contribution in [2.75, 3.05) is 19.7 Å². The molecule has 0 saturated carbocycles. The Morgan fingerprint density at radius 2 is 2.04 bits per heavy atom. The second kappa shape index (κ2) is 6.65. The highest BCUT2D eigenvalue weighted by Gasteiger charge is 2.28. The summed E-state index contributed by atoms with van der Waals surface area (Å²) in [5.41, 5.74) is 2.50. The van der Waals surface area contributed by atoms with Crippen LogP contribution in [0.15, 0.2) is 36.5 Å². The second-order valence-corrected chi connectivity index (χ2v) is 6.87.